The summed E-state index contributed by atoms with van der Waals surface area (Å²) in [4.78, 5) is 0.222. The topological polar surface area (TPSA) is 65.1 Å². The van der Waals surface area contributed by atoms with E-state index in [1.54, 1.807) is 18.2 Å². The largest absolute Gasteiger partial charge is 0.486 e. The Labute approximate surface area is 159 Å². The van der Waals surface area contributed by atoms with Gasteiger partial charge in [-0.2, -0.15) is 4.31 Å². The Balaban J connectivity index is 1.55. The van der Waals surface area contributed by atoms with E-state index in [-0.39, 0.29) is 17.1 Å². The van der Waals surface area contributed by atoms with E-state index in [1.807, 2.05) is 37.3 Å². The second-order valence-corrected chi connectivity index (χ2v) is 8.82. The molecule has 144 valence electrons. The second-order valence-electron chi connectivity index (χ2n) is 6.89. The molecule has 0 bridgehead atoms. The lowest BCUT2D eigenvalue weighted by Gasteiger charge is -2.36. The number of sulfonamides is 1. The van der Waals surface area contributed by atoms with Gasteiger partial charge in [-0.15, -0.1) is 0 Å². The number of ether oxygens (including phenoxy) is 3. The van der Waals surface area contributed by atoms with Crippen molar-refractivity contribution >= 4 is 10.0 Å². The van der Waals surface area contributed by atoms with Crippen molar-refractivity contribution in [1.82, 2.24) is 4.31 Å². The lowest BCUT2D eigenvalue weighted by atomic mass is 10.1. The van der Waals surface area contributed by atoms with E-state index in [2.05, 4.69) is 0 Å². The Morgan fingerprint density at radius 3 is 2.52 bits per heavy atom. The number of hydrogen-bond donors (Lipinski definition) is 0. The van der Waals surface area contributed by atoms with Crippen LogP contribution in [0, 0.1) is 0 Å². The SMILES string of the molecule is CC1CN(S(=O)(=O)c2ccc3c(c2)OCCO3)CC(Cc2ccccc2)O1. The molecule has 0 spiro atoms. The molecule has 6 nitrogen and oxygen atoms in total. The van der Waals surface area contributed by atoms with Gasteiger partial charge in [-0.3, -0.25) is 0 Å². The third kappa shape index (κ3) is 3.95. The molecule has 0 amide bonds. The molecule has 2 aliphatic rings. The van der Waals surface area contributed by atoms with E-state index in [9.17, 15) is 8.42 Å². The zero-order chi connectivity index (χ0) is 18.9. The first kappa shape index (κ1) is 18.3. The van der Waals surface area contributed by atoms with E-state index in [1.165, 1.54) is 4.31 Å². The van der Waals surface area contributed by atoms with Crippen molar-refractivity contribution in [1.29, 1.82) is 0 Å². The van der Waals surface area contributed by atoms with Crippen LogP contribution in [0.15, 0.2) is 53.4 Å². The Morgan fingerprint density at radius 1 is 1.00 bits per heavy atom. The summed E-state index contributed by atoms with van der Waals surface area (Å²) in [6.45, 7) is 3.47. The molecule has 2 aliphatic heterocycles. The highest BCUT2D eigenvalue weighted by Gasteiger charge is 2.34. The first-order chi connectivity index (χ1) is 13.0. The van der Waals surface area contributed by atoms with Gasteiger partial charge in [-0.05, 0) is 31.0 Å². The maximum absolute atomic E-state index is 13.2. The molecule has 0 saturated carbocycles. The fourth-order valence-electron chi connectivity index (χ4n) is 3.52. The van der Waals surface area contributed by atoms with Gasteiger partial charge < -0.3 is 14.2 Å². The lowest BCUT2D eigenvalue weighted by molar-refractivity contribution is -0.0529. The molecule has 2 heterocycles. The maximum atomic E-state index is 13.2. The third-order valence-electron chi connectivity index (χ3n) is 4.75. The molecule has 27 heavy (non-hydrogen) atoms. The molecule has 1 fully saturated rings. The second kappa shape index (κ2) is 7.50. The Morgan fingerprint density at radius 2 is 1.74 bits per heavy atom. The molecule has 0 N–H and O–H groups in total. The van der Waals surface area contributed by atoms with E-state index in [4.69, 9.17) is 14.2 Å². The number of rotatable bonds is 4. The minimum atomic E-state index is -3.64. The van der Waals surface area contributed by atoms with Crippen LogP contribution in [0.4, 0.5) is 0 Å². The smallest absolute Gasteiger partial charge is 0.243 e. The van der Waals surface area contributed by atoms with Crippen LogP contribution in [0.2, 0.25) is 0 Å². The number of hydrogen-bond acceptors (Lipinski definition) is 5. The first-order valence-electron chi connectivity index (χ1n) is 9.11. The Bertz CT molecular complexity index is 900. The Hall–Kier alpha value is -2.09. The van der Waals surface area contributed by atoms with Crippen LogP contribution in [0.5, 0.6) is 11.5 Å². The first-order valence-corrected chi connectivity index (χ1v) is 10.6. The molecule has 2 aromatic carbocycles. The quantitative estimate of drug-likeness (QED) is 0.804. The molecule has 1 saturated heterocycles. The van der Waals surface area contributed by atoms with Gasteiger partial charge in [0.2, 0.25) is 10.0 Å². The van der Waals surface area contributed by atoms with Gasteiger partial charge in [0.25, 0.3) is 0 Å². The molecule has 2 unspecified atom stereocenters. The maximum Gasteiger partial charge on any atom is 0.243 e. The molecule has 2 atom stereocenters. The normalized spacial score (nSPS) is 23.1. The van der Waals surface area contributed by atoms with Crippen LogP contribution in [0.3, 0.4) is 0 Å². The van der Waals surface area contributed by atoms with E-state index >= 15 is 0 Å². The van der Waals surface area contributed by atoms with Gasteiger partial charge in [0.1, 0.15) is 13.2 Å². The number of benzene rings is 2. The molecule has 0 radical (unpaired) electrons. The molecule has 7 heteroatoms. The van der Waals surface area contributed by atoms with Gasteiger partial charge in [0.15, 0.2) is 11.5 Å². The summed E-state index contributed by atoms with van der Waals surface area (Å²) in [5.41, 5.74) is 1.13. The van der Waals surface area contributed by atoms with Crippen LogP contribution in [0.25, 0.3) is 0 Å². The van der Waals surface area contributed by atoms with E-state index in [0.717, 1.165) is 5.56 Å². The van der Waals surface area contributed by atoms with Crippen LogP contribution in [0.1, 0.15) is 12.5 Å². The summed E-state index contributed by atoms with van der Waals surface area (Å²) < 4.78 is 44.9. The number of morpholine rings is 1. The van der Waals surface area contributed by atoms with Crippen molar-refractivity contribution in [3.63, 3.8) is 0 Å². The lowest BCUT2D eigenvalue weighted by Crippen LogP contribution is -2.49. The van der Waals surface area contributed by atoms with Gasteiger partial charge in [-0.25, -0.2) is 8.42 Å². The molecular weight excluding hydrogens is 366 g/mol. The predicted octanol–water partition coefficient (Wildman–Crippen LogP) is 2.48. The van der Waals surface area contributed by atoms with Crippen LogP contribution in [-0.2, 0) is 21.2 Å². The van der Waals surface area contributed by atoms with Crippen LogP contribution >= 0.6 is 0 Å². The minimum Gasteiger partial charge on any atom is -0.486 e. The Kier molecular flexibility index (Phi) is 5.08. The van der Waals surface area contributed by atoms with Crippen molar-refractivity contribution in [3.05, 3.63) is 54.1 Å². The predicted molar refractivity (Wildman–Crippen MR) is 101 cm³/mol. The molecule has 0 aliphatic carbocycles. The van der Waals surface area contributed by atoms with Crippen LogP contribution < -0.4 is 9.47 Å². The molecular formula is C20H23NO5S. The fraction of sp³-hybridized carbons (Fsp3) is 0.400. The molecule has 2 aromatic rings. The highest BCUT2D eigenvalue weighted by Crippen LogP contribution is 2.33. The van der Waals surface area contributed by atoms with Crippen molar-refractivity contribution in [2.24, 2.45) is 0 Å². The zero-order valence-corrected chi connectivity index (χ0v) is 16.0. The standard InChI is InChI=1S/C20H23NO5S/c1-15-13-21(14-17(26-15)11-16-5-3-2-4-6-16)27(22,23)18-7-8-19-20(12-18)25-10-9-24-19/h2-8,12,15,17H,9-11,13-14H2,1H3. The van der Waals surface area contributed by atoms with Gasteiger partial charge in [0, 0.05) is 19.2 Å². The van der Waals surface area contributed by atoms with Crippen LogP contribution in [-0.4, -0.2) is 51.2 Å². The summed E-state index contributed by atoms with van der Waals surface area (Å²) in [5.74, 6) is 1.06. The van der Waals surface area contributed by atoms with Crippen molar-refractivity contribution < 1.29 is 22.6 Å². The monoisotopic (exact) mass is 389 g/mol. The summed E-state index contributed by atoms with van der Waals surface area (Å²) in [5, 5.41) is 0. The molecule has 4 rings (SSSR count). The van der Waals surface area contributed by atoms with Crippen molar-refractivity contribution in [2.45, 2.75) is 30.4 Å². The van der Waals surface area contributed by atoms with Gasteiger partial charge in [-0.1, -0.05) is 30.3 Å². The fourth-order valence-corrected chi connectivity index (χ4v) is 5.08. The van der Waals surface area contributed by atoms with Crippen molar-refractivity contribution in [2.75, 3.05) is 26.3 Å². The summed E-state index contributed by atoms with van der Waals surface area (Å²) in [6.07, 6.45) is 0.334. The minimum absolute atomic E-state index is 0.167. The number of fused-ring (bicyclic) bond motifs is 1. The highest BCUT2D eigenvalue weighted by molar-refractivity contribution is 7.89. The highest BCUT2D eigenvalue weighted by atomic mass is 32.2. The van der Waals surface area contributed by atoms with Gasteiger partial charge >= 0.3 is 0 Å². The molecule has 0 aromatic heterocycles. The summed E-state index contributed by atoms with van der Waals surface area (Å²) in [7, 11) is -3.64. The van der Waals surface area contributed by atoms with Crippen molar-refractivity contribution in [3.8, 4) is 11.5 Å². The average Bonchev–Trinajstić information content (AvgIpc) is 2.68. The third-order valence-corrected chi connectivity index (χ3v) is 6.58. The zero-order valence-electron chi connectivity index (χ0n) is 15.2. The summed E-state index contributed by atoms with van der Waals surface area (Å²) >= 11 is 0. The van der Waals surface area contributed by atoms with E-state index < -0.39 is 10.0 Å². The number of nitrogens with zero attached hydrogens (tertiary/aromatic N) is 1. The van der Waals surface area contributed by atoms with E-state index in [0.29, 0.717) is 44.2 Å². The average molecular weight is 389 g/mol. The summed E-state index contributed by atoms with van der Waals surface area (Å²) in [6, 6.07) is 14.8. The van der Waals surface area contributed by atoms with Gasteiger partial charge in [0.05, 0.1) is 17.1 Å².